The van der Waals surface area contributed by atoms with Crippen LogP contribution in [0.15, 0.2) is 21.9 Å². The van der Waals surface area contributed by atoms with E-state index in [1.807, 2.05) is 20.8 Å². The summed E-state index contributed by atoms with van der Waals surface area (Å²) in [5.74, 6) is -0.439. The summed E-state index contributed by atoms with van der Waals surface area (Å²) in [6, 6.07) is 1.45. The summed E-state index contributed by atoms with van der Waals surface area (Å²) in [5, 5.41) is 0. The second-order valence-electron chi connectivity index (χ2n) is 7.50. The molecule has 0 unspecified atom stereocenters. The predicted octanol–water partition coefficient (Wildman–Crippen LogP) is 2.14. The highest BCUT2D eigenvalue weighted by Gasteiger charge is 2.26. The zero-order chi connectivity index (χ0) is 21.7. The molecule has 0 fully saturated rings. The highest BCUT2D eigenvalue weighted by Crippen LogP contribution is 2.21. The summed E-state index contributed by atoms with van der Waals surface area (Å²) >= 11 is 0. The third kappa shape index (κ3) is 5.04. The Bertz CT molecular complexity index is 999. The minimum absolute atomic E-state index is 0.0392. The van der Waals surface area contributed by atoms with Gasteiger partial charge in [0.2, 0.25) is 0 Å². The molecular formula is C20H29N5O4. The number of aromatic nitrogens is 3. The van der Waals surface area contributed by atoms with E-state index < -0.39 is 17.2 Å². The number of anilines is 2. The van der Waals surface area contributed by atoms with Crippen molar-refractivity contribution < 1.29 is 9.59 Å². The van der Waals surface area contributed by atoms with Crippen molar-refractivity contribution >= 4 is 23.2 Å². The summed E-state index contributed by atoms with van der Waals surface area (Å²) in [4.78, 5) is 55.9. The van der Waals surface area contributed by atoms with Gasteiger partial charge in [-0.15, -0.1) is 0 Å². The molecule has 2 rings (SSSR count). The Morgan fingerprint density at radius 2 is 1.97 bits per heavy atom. The first-order valence-corrected chi connectivity index (χ1v) is 9.81. The predicted molar refractivity (Wildman–Crippen MR) is 113 cm³/mol. The molecule has 0 aliphatic rings. The Morgan fingerprint density at radius 1 is 1.28 bits per heavy atom. The quantitative estimate of drug-likeness (QED) is 0.552. The van der Waals surface area contributed by atoms with Crippen LogP contribution in [-0.2, 0) is 6.54 Å². The lowest BCUT2D eigenvalue weighted by Gasteiger charge is -2.25. The van der Waals surface area contributed by atoms with E-state index in [4.69, 9.17) is 5.73 Å². The lowest BCUT2D eigenvalue weighted by atomic mass is 10.1. The largest absolute Gasteiger partial charge is 0.383 e. The second kappa shape index (κ2) is 9.40. The molecule has 2 aromatic heterocycles. The maximum absolute atomic E-state index is 13.2. The smallest absolute Gasteiger partial charge is 0.330 e. The van der Waals surface area contributed by atoms with E-state index in [1.54, 1.807) is 0 Å². The first kappa shape index (κ1) is 22.2. The molecule has 158 valence electrons. The first-order chi connectivity index (χ1) is 13.7. The van der Waals surface area contributed by atoms with Gasteiger partial charge in [0, 0.05) is 24.8 Å². The fourth-order valence-corrected chi connectivity index (χ4v) is 2.95. The van der Waals surface area contributed by atoms with Gasteiger partial charge in [-0.3, -0.25) is 28.8 Å². The van der Waals surface area contributed by atoms with Crippen LogP contribution in [0.3, 0.4) is 0 Å². The lowest BCUT2D eigenvalue weighted by Crippen LogP contribution is -2.42. The standard InChI is InChI=1S/C20H29N5O4/c1-5-6-8-25-17(21)16(18(27)23-20(25)29)24(9-7-12(2)3)19(28)15-10-14(11-22-15)13(4)26/h10-12,22H,5-9,21H2,1-4H3,(H,23,27,29). The zero-order valence-electron chi connectivity index (χ0n) is 17.4. The van der Waals surface area contributed by atoms with Crippen LogP contribution in [0, 0.1) is 5.92 Å². The molecular weight excluding hydrogens is 374 g/mol. The normalized spacial score (nSPS) is 11.1. The van der Waals surface area contributed by atoms with Gasteiger partial charge in [-0.05, 0) is 31.7 Å². The number of amides is 1. The average Bonchev–Trinajstić information content (AvgIpc) is 3.13. The van der Waals surface area contributed by atoms with Crippen LogP contribution in [0.5, 0.6) is 0 Å². The Morgan fingerprint density at radius 3 is 2.52 bits per heavy atom. The number of Topliss-reactive ketones (excluding diaryl/α,β-unsaturated/α-hetero) is 1. The Labute approximate surface area is 168 Å². The van der Waals surface area contributed by atoms with Crippen molar-refractivity contribution in [1.29, 1.82) is 0 Å². The zero-order valence-corrected chi connectivity index (χ0v) is 17.4. The number of aromatic amines is 2. The van der Waals surface area contributed by atoms with E-state index in [2.05, 4.69) is 9.97 Å². The fraction of sp³-hybridized carbons (Fsp3) is 0.500. The summed E-state index contributed by atoms with van der Waals surface area (Å²) in [7, 11) is 0. The van der Waals surface area contributed by atoms with Gasteiger partial charge in [0.15, 0.2) is 11.5 Å². The van der Waals surface area contributed by atoms with Gasteiger partial charge in [-0.2, -0.15) is 0 Å². The number of carbonyl (C=O) groups excluding carboxylic acids is 2. The van der Waals surface area contributed by atoms with E-state index in [0.29, 0.717) is 24.9 Å². The number of H-pyrrole nitrogens is 2. The first-order valence-electron chi connectivity index (χ1n) is 9.81. The maximum atomic E-state index is 13.2. The number of nitrogen functional groups attached to an aromatic ring is 1. The molecule has 0 atom stereocenters. The number of unbranched alkanes of at least 4 members (excludes halogenated alkanes) is 1. The molecule has 0 bridgehead atoms. The number of nitrogens with zero attached hydrogens (tertiary/aromatic N) is 2. The summed E-state index contributed by atoms with van der Waals surface area (Å²) < 4.78 is 1.28. The molecule has 2 aromatic rings. The van der Waals surface area contributed by atoms with Crippen LogP contribution in [-0.4, -0.2) is 32.8 Å². The van der Waals surface area contributed by atoms with Crippen LogP contribution >= 0.6 is 0 Å². The van der Waals surface area contributed by atoms with Crippen LogP contribution in [0.25, 0.3) is 0 Å². The van der Waals surface area contributed by atoms with Crippen molar-refractivity contribution in [2.45, 2.75) is 53.5 Å². The molecule has 1 amide bonds. The molecule has 0 saturated carbocycles. The highest BCUT2D eigenvalue weighted by atomic mass is 16.2. The molecule has 29 heavy (non-hydrogen) atoms. The number of nitrogens with two attached hydrogens (primary N) is 1. The van der Waals surface area contributed by atoms with Crippen molar-refractivity contribution in [3.63, 3.8) is 0 Å². The Hall–Kier alpha value is -3.10. The Kier molecular flexibility index (Phi) is 7.19. The van der Waals surface area contributed by atoms with Crippen LogP contribution in [0.4, 0.5) is 11.5 Å². The van der Waals surface area contributed by atoms with Gasteiger partial charge in [-0.1, -0.05) is 27.2 Å². The van der Waals surface area contributed by atoms with E-state index in [0.717, 1.165) is 6.42 Å². The van der Waals surface area contributed by atoms with Gasteiger partial charge >= 0.3 is 5.69 Å². The molecule has 0 aliphatic carbocycles. The van der Waals surface area contributed by atoms with E-state index in [9.17, 15) is 19.2 Å². The summed E-state index contributed by atoms with van der Waals surface area (Å²) in [6.07, 6.45) is 3.62. The van der Waals surface area contributed by atoms with E-state index in [-0.39, 0.29) is 35.4 Å². The topological polar surface area (TPSA) is 134 Å². The number of nitrogens with one attached hydrogen (secondary N) is 2. The van der Waals surface area contributed by atoms with Crippen LogP contribution in [0.2, 0.25) is 0 Å². The minimum atomic E-state index is -0.712. The third-order valence-corrected chi connectivity index (χ3v) is 4.71. The van der Waals surface area contributed by atoms with E-state index >= 15 is 0 Å². The lowest BCUT2D eigenvalue weighted by molar-refractivity contribution is 0.0980. The molecule has 2 heterocycles. The van der Waals surface area contributed by atoms with Gasteiger partial charge in [0.05, 0.1) is 0 Å². The molecule has 0 aliphatic heterocycles. The van der Waals surface area contributed by atoms with Crippen LogP contribution in [0.1, 0.15) is 67.8 Å². The van der Waals surface area contributed by atoms with Crippen molar-refractivity contribution in [1.82, 2.24) is 14.5 Å². The highest BCUT2D eigenvalue weighted by molar-refractivity contribution is 6.07. The summed E-state index contributed by atoms with van der Waals surface area (Å²) in [6.45, 7) is 7.96. The number of ketones is 1. The SMILES string of the molecule is CCCCn1c(N)c(N(CCC(C)C)C(=O)c2cc(C(C)=O)c[nH]2)c(=O)[nH]c1=O. The molecule has 9 nitrogen and oxygen atoms in total. The van der Waals surface area contributed by atoms with Gasteiger partial charge < -0.3 is 10.7 Å². The second-order valence-corrected chi connectivity index (χ2v) is 7.50. The molecule has 0 radical (unpaired) electrons. The number of hydrogen-bond acceptors (Lipinski definition) is 5. The number of rotatable bonds is 9. The van der Waals surface area contributed by atoms with Crippen molar-refractivity contribution in [3.8, 4) is 0 Å². The van der Waals surface area contributed by atoms with Gasteiger partial charge in [-0.25, -0.2) is 4.79 Å². The minimum Gasteiger partial charge on any atom is -0.383 e. The molecule has 0 spiro atoms. The average molecular weight is 403 g/mol. The molecule has 0 aromatic carbocycles. The van der Waals surface area contributed by atoms with E-state index in [1.165, 1.54) is 28.7 Å². The number of hydrogen-bond donors (Lipinski definition) is 3. The molecule has 0 saturated heterocycles. The van der Waals surface area contributed by atoms with Gasteiger partial charge in [0.25, 0.3) is 11.5 Å². The molecule has 4 N–H and O–H groups in total. The fourth-order valence-electron chi connectivity index (χ4n) is 2.95. The molecule has 9 heteroatoms. The van der Waals surface area contributed by atoms with Crippen molar-refractivity contribution in [2.75, 3.05) is 17.2 Å². The maximum Gasteiger partial charge on any atom is 0.330 e. The Balaban J connectivity index is 2.56. The van der Waals surface area contributed by atoms with Gasteiger partial charge in [0.1, 0.15) is 11.5 Å². The van der Waals surface area contributed by atoms with Crippen molar-refractivity contribution in [3.05, 3.63) is 44.4 Å². The number of carbonyl (C=O) groups is 2. The third-order valence-electron chi connectivity index (χ3n) is 4.71. The summed E-state index contributed by atoms with van der Waals surface area (Å²) in [5.41, 5.74) is 5.36. The monoisotopic (exact) mass is 403 g/mol. The van der Waals surface area contributed by atoms with Crippen LogP contribution < -0.4 is 21.9 Å². The van der Waals surface area contributed by atoms with Crippen molar-refractivity contribution in [2.24, 2.45) is 5.92 Å².